The Kier molecular flexibility index (Phi) is 3.64. The first-order valence-electron chi connectivity index (χ1n) is 4.52. The summed E-state index contributed by atoms with van der Waals surface area (Å²) < 4.78 is 41.1. The molecule has 0 fully saturated rings. The van der Waals surface area contributed by atoms with Crippen LogP contribution in [0.3, 0.4) is 0 Å². The van der Waals surface area contributed by atoms with E-state index in [-0.39, 0.29) is 17.1 Å². The van der Waals surface area contributed by atoms with E-state index in [2.05, 4.69) is 0 Å². The van der Waals surface area contributed by atoms with Crippen LogP contribution in [0.25, 0.3) is 0 Å². The second-order valence-corrected chi connectivity index (χ2v) is 3.36. The number of phenolic OH excluding ortho intramolecular Hbond substituents is 1. The van der Waals surface area contributed by atoms with Gasteiger partial charge in [-0.3, -0.25) is 0 Å². The average Bonchev–Trinajstić information content (AvgIpc) is 2.15. The Labute approximate surface area is 90.6 Å². The number of aromatic hydroxyl groups is 1. The van der Waals surface area contributed by atoms with E-state index in [1.54, 1.807) is 0 Å². The maximum atomic E-state index is 12.1. The molecule has 6 heteroatoms. The lowest BCUT2D eigenvalue weighted by Crippen LogP contribution is -2.20. The molecule has 3 N–H and O–H groups in total. The van der Waals surface area contributed by atoms with Crippen molar-refractivity contribution >= 4 is 0 Å². The van der Waals surface area contributed by atoms with E-state index in [4.69, 9.17) is 10.5 Å². The highest BCUT2D eigenvalue weighted by Crippen LogP contribution is 2.32. The molecule has 0 heterocycles. The highest BCUT2D eigenvalue weighted by atomic mass is 19.4. The lowest BCUT2D eigenvalue weighted by molar-refractivity contribution is -0.138. The van der Waals surface area contributed by atoms with Crippen LogP contribution in [0.1, 0.15) is 18.0 Å². The number of halogens is 3. The summed E-state index contributed by atoms with van der Waals surface area (Å²) in [7, 11) is 1.31. The van der Waals surface area contributed by atoms with Crippen LogP contribution in [0.15, 0.2) is 18.2 Å². The highest BCUT2D eigenvalue weighted by molar-refractivity contribution is 5.42. The Morgan fingerprint density at radius 3 is 2.56 bits per heavy atom. The van der Waals surface area contributed by atoms with E-state index in [1.165, 1.54) is 25.3 Å². The zero-order valence-corrected chi connectivity index (χ0v) is 8.58. The Morgan fingerprint density at radius 2 is 2.06 bits per heavy atom. The third-order valence-electron chi connectivity index (χ3n) is 2.08. The number of hydrogen-bond acceptors (Lipinski definition) is 3. The maximum Gasteiger partial charge on any atom is 0.390 e. The number of phenols is 1. The molecule has 1 aromatic carbocycles. The summed E-state index contributed by atoms with van der Waals surface area (Å²) in [4.78, 5) is 0. The van der Waals surface area contributed by atoms with Gasteiger partial charge in [0.1, 0.15) is 0 Å². The molecule has 0 saturated carbocycles. The summed E-state index contributed by atoms with van der Waals surface area (Å²) in [6, 6.07) is 2.74. The Hall–Kier alpha value is -1.43. The molecule has 0 bridgehead atoms. The number of ether oxygens (including phenoxy) is 1. The van der Waals surface area contributed by atoms with Gasteiger partial charge in [-0.25, -0.2) is 0 Å². The molecule has 16 heavy (non-hydrogen) atoms. The Morgan fingerprint density at radius 1 is 1.44 bits per heavy atom. The molecule has 0 unspecified atom stereocenters. The molecule has 0 aromatic heterocycles. The van der Waals surface area contributed by atoms with Crippen molar-refractivity contribution in [1.82, 2.24) is 0 Å². The van der Waals surface area contributed by atoms with Gasteiger partial charge in [-0.1, -0.05) is 6.07 Å². The molecular formula is C10H12F3NO2. The van der Waals surface area contributed by atoms with Gasteiger partial charge in [0.25, 0.3) is 0 Å². The Bertz CT molecular complexity index is 366. The molecule has 3 nitrogen and oxygen atoms in total. The molecule has 0 aliphatic heterocycles. The molecule has 0 aliphatic carbocycles. The largest absolute Gasteiger partial charge is 0.504 e. The third-order valence-corrected chi connectivity index (χ3v) is 2.08. The smallest absolute Gasteiger partial charge is 0.390 e. The van der Waals surface area contributed by atoms with Crippen LogP contribution in [0.2, 0.25) is 0 Å². The number of alkyl halides is 3. The first-order chi connectivity index (χ1) is 7.33. The van der Waals surface area contributed by atoms with Crippen LogP contribution < -0.4 is 10.5 Å². The fourth-order valence-corrected chi connectivity index (χ4v) is 1.29. The number of rotatable bonds is 3. The van der Waals surface area contributed by atoms with Crippen LogP contribution >= 0.6 is 0 Å². The minimum atomic E-state index is -4.31. The minimum absolute atomic E-state index is 0.107. The first kappa shape index (κ1) is 12.6. The van der Waals surface area contributed by atoms with Crippen molar-refractivity contribution in [3.8, 4) is 11.5 Å². The van der Waals surface area contributed by atoms with Gasteiger partial charge in [0, 0.05) is 6.04 Å². The number of nitrogens with two attached hydrogens (primary N) is 1. The molecule has 0 saturated heterocycles. The monoisotopic (exact) mass is 235 g/mol. The van der Waals surface area contributed by atoms with Crippen molar-refractivity contribution in [2.24, 2.45) is 5.73 Å². The van der Waals surface area contributed by atoms with Gasteiger partial charge >= 0.3 is 6.18 Å². The van der Waals surface area contributed by atoms with Crippen molar-refractivity contribution in [2.45, 2.75) is 18.6 Å². The quantitative estimate of drug-likeness (QED) is 0.845. The first-order valence-corrected chi connectivity index (χ1v) is 4.52. The number of hydrogen-bond donors (Lipinski definition) is 2. The topological polar surface area (TPSA) is 55.5 Å². The lowest BCUT2D eigenvalue weighted by Gasteiger charge is -2.15. The fourth-order valence-electron chi connectivity index (χ4n) is 1.29. The molecular weight excluding hydrogens is 223 g/mol. The van der Waals surface area contributed by atoms with E-state index in [0.29, 0.717) is 0 Å². The lowest BCUT2D eigenvalue weighted by atomic mass is 10.0. The van der Waals surface area contributed by atoms with E-state index in [1.807, 2.05) is 0 Å². The second-order valence-electron chi connectivity index (χ2n) is 3.36. The second kappa shape index (κ2) is 4.61. The van der Waals surface area contributed by atoms with Crippen molar-refractivity contribution < 1.29 is 23.0 Å². The molecule has 0 amide bonds. The van der Waals surface area contributed by atoms with Crippen LogP contribution in [-0.4, -0.2) is 18.4 Å². The van der Waals surface area contributed by atoms with Gasteiger partial charge in [-0.05, 0) is 17.7 Å². The fraction of sp³-hybridized carbons (Fsp3) is 0.400. The van der Waals surface area contributed by atoms with Crippen molar-refractivity contribution in [3.05, 3.63) is 23.8 Å². The molecule has 1 atom stereocenters. The van der Waals surface area contributed by atoms with Gasteiger partial charge in [-0.15, -0.1) is 0 Å². The number of benzene rings is 1. The van der Waals surface area contributed by atoms with Crippen LogP contribution in [0.5, 0.6) is 11.5 Å². The summed E-state index contributed by atoms with van der Waals surface area (Å²) in [5.74, 6) is -0.0272. The van der Waals surface area contributed by atoms with Crippen LogP contribution in [0.4, 0.5) is 13.2 Å². The zero-order chi connectivity index (χ0) is 12.3. The average molecular weight is 235 g/mol. The molecule has 1 rings (SSSR count). The van der Waals surface area contributed by atoms with Gasteiger partial charge in [0.2, 0.25) is 0 Å². The highest BCUT2D eigenvalue weighted by Gasteiger charge is 2.31. The normalized spacial score (nSPS) is 13.6. The van der Waals surface area contributed by atoms with Crippen molar-refractivity contribution in [2.75, 3.05) is 7.11 Å². The summed E-state index contributed by atoms with van der Waals surface area (Å²) in [6.45, 7) is 0. The zero-order valence-electron chi connectivity index (χ0n) is 8.58. The summed E-state index contributed by atoms with van der Waals surface area (Å²) in [5, 5.41) is 9.26. The van der Waals surface area contributed by atoms with Crippen LogP contribution in [0, 0.1) is 0 Å². The SMILES string of the molecule is COc1cc([C@@H](N)CC(F)(F)F)ccc1O. The third kappa shape index (κ3) is 3.30. The standard InChI is InChI=1S/C10H12F3NO2/c1-16-9-4-6(2-3-8(9)15)7(14)5-10(11,12)13/h2-4,7,15H,5,14H2,1H3/t7-/m0/s1. The molecule has 0 aliphatic rings. The van der Waals surface area contributed by atoms with Crippen LogP contribution in [-0.2, 0) is 0 Å². The van der Waals surface area contributed by atoms with Crippen molar-refractivity contribution in [3.63, 3.8) is 0 Å². The van der Waals surface area contributed by atoms with E-state index in [0.717, 1.165) is 0 Å². The van der Waals surface area contributed by atoms with E-state index >= 15 is 0 Å². The van der Waals surface area contributed by atoms with Gasteiger partial charge in [-0.2, -0.15) is 13.2 Å². The van der Waals surface area contributed by atoms with Gasteiger partial charge in [0.05, 0.1) is 13.5 Å². The molecule has 0 radical (unpaired) electrons. The minimum Gasteiger partial charge on any atom is -0.504 e. The van der Waals surface area contributed by atoms with E-state index in [9.17, 15) is 18.3 Å². The molecule has 90 valence electrons. The van der Waals surface area contributed by atoms with Crippen molar-refractivity contribution in [1.29, 1.82) is 0 Å². The summed E-state index contributed by atoms with van der Waals surface area (Å²) in [5.41, 5.74) is 5.67. The number of methoxy groups -OCH3 is 1. The maximum absolute atomic E-state index is 12.1. The Balaban J connectivity index is 2.88. The predicted molar refractivity (Wildman–Crippen MR) is 52.3 cm³/mol. The molecule has 0 spiro atoms. The van der Waals surface area contributed by atoms with Gasteiger partial charge in [0.15, 0.2) is 11.5 Å². The molecule has 1 aromatic rings. The van der Waals surface area contributed by atoms with Gasteiger partial charge < -0.3 is 15.6 Å². The van der Waals surface area contributed by atoms with E-state index < -0.39 is 18.6 Å². The predicted octanol–water partition coefficient (Wildman–Crippen LogP) is 2.35. The summed E-state index contributed by atoms with van der Waals surface area (Å²) in [6.07, 6.45) is -5.43. The summed E-state index contributed by atoms with van der Waals surface area (Å²) >= 11 is 0.